The van der Waals surface area contributed by atoms with Crippen LogP contribution in [0.3, 0.4) is 0 Å². The summed E-state index contributed by atoms with van der Waals surface area (Å²) in [6, 6.07) is 1.93. The van der Waals surface area contributed by atoms with E-state index in [0.29, 0.717) is 11.6 Å². The third-order valence-corrected chi connectivity index (χ3v) is 3.28. The fourth-order valence-corrected chi connectivity index (χ4v) is 1.96. The molecule has 94 valence electrons. The second-order valence-corrected chi connectivity index (χ2v) is 4.72. The van der Waals surface area contributed by atoms with Gasteiger partial charge in [0.25, 0.3) is 5.91 Å². The van der Waals surface area contributed by atoms with Gasteiger partial charge in [-0.25, -0.2) is 0 Å². The van der Waals surface area contributed by atoms with Crippen LogP contribution in [-0.2, 0) is 0 Å². The summed E-state index contributed by atoms with van der Waals surface area (Å²) in [7, 11) is 0. The first-order valence-electron chi connectivity index (χ1n) is 6.60. The van der Waals surface area contributed by atoms with Crippen LogP contribution in [0.4, 0.5) is 0 Å². The van der Waals surface area contributed by atoms with Gasteiger partial charge in [-0.15, -0.1) is 0 Å². The van der Waals surface area contributed by atoms with Crippen LogP contribution in [0.25, 0.3) is 0 Å². The molecule has 0 saturated heterocycles. The summed E-state index contributed by atoms with van der Waals surface area (Å²) in [4.78, 5) is 14.1. The molecule has 1 aliphatic rings. The van der Waals surface area contributed by atoms with Crippen molar-refractivity contribution in [2.75, 3.05) is 13.1 Å². The largest absolute Gasteiger partial charge is 0.338 e. The van der Waals surface area contributed by atoms with Crippen LogP contribution in [-0.4, -0.2) is 34.1 Å². The van der Waals surface area contributed by atoms with E-state index in [1.807, 2.05) is 17.9 Å². The molecule has 1 saturated carbocycles. The summed E-state index contributed by atoms with van der Waals surface area (Å²) in [5.41, 5.74) is 1.70. The van der Waals surface area contributed by atoms with Crippen molar-refractivity contribution in [3.63, 3.8) is 0 Å². The fourth-order valence-electron chi connectivity index (χ4n) is 1.96. The molecule has 1 fully saturated rings. The monoisotopic (exact) mass is 235 g/mol. The van der Waals surface area contributed by atoms with Gasteiger partial charge in [-0.05, 0) is 32.3 Å². The number of aromatic nitrogens is 2. The SMILES string of the molecule is CCCCN(CC)C(=O)c1cc(C2CC2)[nH]n1. The highest BCUT2D eigenvalue weighted by molar-refractivity contribution is 5.92. The van der Waals surface area contributed by atoms with Crippen LogP contribution in [0.1, 0.15) is 61.6 Å². The molecule has 1 aromatic rings. The molecule has 0 radical (unpaired) electrons. The quantitative estimate of drug-likeness (QED) is 0.823. The Balaban J connectivity index is 2.00. The minimum Gasteiger partial charge on any atom is -0.338 e. The molecule has 1 amide bonds. The third-order valence-electron chi connectivity index (χ3n) is 3.28. The molecule has 0 bridgehead atoms. The Labute approximate surface area is 102 Å². The highest BCUT2D eigenvalue weighted by Gasteiger charge is 2.27. The van der Waals surface area contributed by atoms with Gasteiger partial charge in [0, 0.05) is 24.7 Å². The van der Waals surface area contributed by atoms with E-state index < -0.39 is 0 Å². The Bertz CT molecular complexity index is 382. The zero-order valence-electron chi connectivity index (χ0n) is 10.7. The Morgan fingerprint density at radius 2 is 2.29 bits per heavy atom. The lowest BCUT2D eigenvalue weighted by molar-refractivity contribution is 0.0756. The van der Waals surface area contributed by atoms with E-state index in [0.717, 1.165) is 31.6 Å². The summed E-state index contributed by atoms with van der Waals surface area (Å²) in [5.74, 6) is 0.680. The molecular weight excluding hydrogens is 214 g/mol. The highest BCUT2D eigenvalue weighted by Crippen LogP contribution is 2.39. The highest BCUT2D eigenvalue weighted by atomic mass is 16.2. The van der Waals surface area contributed by atoms with Crippen LogP contribution in [0, 0.1) is 0 Å². The van der Waals surface area contributed by atoms with E-state index in [1.165, 1.54) is 12.8 Å². The molecule has 1 N–H and O–H groups in total. The van der Waals surface area contributed by atoms with Crippen LogP contribution < -0.4 is 0 Å². The summed E-state index contributed by atoms with van der Waals surface area (Å²) in [5, 5.41) is 7.12. The van der Waals surface area contributed by atoms with E-state index in [-0.39, 0.29) is 5.91 Å². The Morgan fingerprint density at radius 3 is 2.88 bits per heavy atom. The number of hydrogen-bond acceptors (Lipinski definition) is 2. The van der Waals surface area contributed by atoms with E-state index in [1.54, 1.807) is 0 Å². The van der Waals surface area contributed by atoms with Crippen LogP contribution in [0.15, 0.2) is 6.07 Å². The standard InChI is InChI=1S/C13H21N3O/c1-3-5-8-16(4-2)13(17)12-9-11(14-15-12)10-6-7-10/h9-10H,3-8H2,1-2H3,(H,14,15). The topological polar surface area (TPSA) is 49.0 Å². The second kappa shape index (κ2) is 5.34. The van der Waals surface area contributed by atoms with Crippen molar-refractivity contribution in [1.29, 1.82) is 0 Å². The fraction of sp³-hybridized carbons (Fsp3) is 0.692. The lowest BCUT2D eigenvalue weighted by Gasteiger charge is -2.19. The first kappa shape index (κ1) is 12.1. The molecule has 1 aliphatic carbocycles. The van der Waals surface area contributed by atoms with Crippen molar-refractivity contribution in [3.05, 3.63) is 17.5 Å². The Hall–Kier alpha value is -1.32. The number of hydrogen-bond donors (Lipinski definition) is 1. The molecule has 0 aliphatic heterocycles. The molecule has 2 rings (SSSR count). The normalized spacial score (nSPS) is 14.9. The maximum atomic E-state index is 12.2. The number of H-pyrrole nitrogens is 1. The molecule has 4 heteroatoms. The molecule has 0 unspecified atom stereocenters. The van der Waals surface area contributed by atoms with Gasteiger partial charge >= 0.3 is 0 Å². The first-order chi connectivity index (χ1) is 8.26. The molecule has 1 heterocycles. The number of rotatable bonds is 6. The maximum Gasteiger partial charge on any atom is 0.274 e. The maximum absolute atomic E-state index is 12.2. The zero-order chi connectivity index (χ0) is 12.3. The van der Waals surface area contributed by atoms with Crippen molar-refractivity contribution in [2.24, 2.45) is 0 Å². The number of carbonyl (C=O) groups excluding carboxylic acids is 1. The predicted molar refractivity (Wildman–Crippen MR) is 67.0 cm³/mol. The Kier molecular flexibility index (Phi) is 3.82. The van der Waals surface area contributed by atoms with Gasteiger partial charge in [-0.1, -0.05) is 13.3 Å². The smallest absolute Gasteiger partial charge is 0.274 e. The number of aromatic amines is 1. The molecule has 0 spiro atoms. The van der Waals surface area contributed by atoms with Gasteiger partial charge in [-0.2, -0.15) is 5.10 Å². The van der Waals surface area contributed by atoms with E-state index in [2.05, 4.69) is 17.1 Å². The minimum absolute atomic E-state index is 0.0594. The summed E-state index contributed by atoms with van der Waals surface area (Å²) in [6.07, 6.45) is 4.61. The lowest BCUT2D eigenvalue weighted by Crippen LogP contribution is -2.32. The minimum atomic E-state index is 0.0594. The van der Waals surface area contributed by atoms with Gasteiger partial charge in [0.15, 0.2) is 0 Å². The number of amides is 1. The average Bonchev–Trinajstić information content (AvgIpc) is 3.08. The van der Waals surface area contributed by atoms with Crippen molar-refractivity contribution in [1.82, 2.24) is 15.1 Å². The molecular formula is C13H21N3O. The summed E-state index contributed by atoms with van der Waals surface area (Å²) in [6.45, 7) is 5.74. The lowest BCUT2D eigenvalue weighted by atomic mass is 10.2. The van der Waals surface area contributed by atoms with E-state index in [9.17, 15) is 4.79 Å². The van der Waals surface area contributed by atoms with Gasteiger partial charge in [0.05, 0.1) is 0 Å². The molecule has 1 aromatic heterocycles. The average molecular weight is 235 g/mol. The van der Waals surface area contributed by atoms with Gasteiger partial charge in [-0.3, -0.25) is 9.89 Å². The molecule has 17 heavy (non-hydrogen) atoms. The number of unbranched alkanes of at least 4 members (excludes halogenated alkanes) is 1. The van der Waals surface area contributed by atoms with Gasteiger partial charge in [0.2, 0.25) is 0 Å². The summed E-state index contributed by atoms with van der Waals surface area (Å²) >= 11 is 0. The van der Waals surface area contributed by atoms with Crippen LogP contribution in [0.5, 0.6) is 0 Å². The molecule has 0 atom stereocenters. The van der Waals surface area contributed by atoms with Crippen molar-refractivity contribution in [3.8, 4) is 0 Å². The third kappa shape index (κ3) is 2.87. The number of nitrogens with zero attached hydrogens (tertiary/aromatic N) is 2. The molecule has 4 nitrogen and oxygen atoms in total. The van der Waals surface area contributed by atoms with Crippen LogP contribution in [0.2, 0.25) is 0 Å². The Morgan fingerprint density at radius 1 is 1.53 bits per heavy atom. The van der Waals surface area contributed by atoms with Crippen molar-refractivity contribution < 1.29 is 4.79 Å². The van der Waals surface area contributed by atoms with Crippen molar-refractivity contribution in [2.45, 2.75) is 45.4 Å². The number of nitrogens with one attached hydrogen (secondary N) is 1. The second-order valence-electron chi connectivity index (χ2n) is 4.72. The van der Waals surface area contributed by atoms with E-state index in [4.69, 9.17) is 0 Å². The van der Waals surface area contributed by atoms with E-state index >= 15 is 0 Å². The summed E-state index contributed by atoms with van der Waals surface area (Å²) < 4.78 is 0. The molecule has 0 aromatic carbocycles. The first-order valence-corrected chi connectivity index (χ1v) is 6.60. The van der Waals surface area contributed by atoms with Gasteiger partial charge in [0.1, 0.15) is 5.69 Å². The number of carbonyl (C=O) groups is 1. The van der Waals surface area contributed by atoms with Gasteiger partial charge < -0.3 is 4.90 Å². The predicted octanol–water partition coefficient (Wildman–Crippen LogP) is 2.55. The van der Waals surface area contributed by atoms with Crippen LogP contribution >= 0.6 is 0 Å². The van der Waals surface area contributed by atoms with Crippen molar-refractivity contribution >= 4 is 5.91 Å². The zero-order valence-corrected chi connectivity index (χ0v) is 10.7.